The van der Waals surface area contributed by atoms with Crippen LogP contribution in [0.2, 0.25) is 0 Å². The van der Waals surface area contributed by atoms with Crippen LogP contribution >= 0.6 is 11.9 Å². The van der Waals surface area contributed by atoms with E-state index in [4.69, 9.17) is 0 Å². The minimum Gasteiger partial charge on any atom is -0.325 e. The van der Waals surface area contributed by atoms with Crippen molar-refractivity contribution in [1.82, 2.24) is 0 Å². The highest BCUT2D eigenvalue weighted by atomic mass is 32.2. The lowest BCUT2D eigenvalue weighted by molar-refractivity contribution is 0.599. The van der Waals surface area contributed by atoms with Gasteiger partial charge in [-0.2, -0.15) is 0 Å². The van der Waals surface area contributed by atoms with Crippen LogP contribution in [0.3, 0.4) is 0 Å². The van der Waals surface area contributed by atoms with Gasteiger partial charge < -0.3 is 4.72 Å². The van der Waals surface area contributed by atoms with Crippen LogP contribution < -0.4 is 4.72 Å². The van der Waals surface area contributed by atoms with E-state index in [1.54, 1.807) is 24.3 Å². The summed E-state index contributed by atoms with van der Waals surface area (Å²) in [6.45, 7) is 7.33. The first-order chi connectivity index (χ1) is 10.5. The summed E-state index contributed by atoms with van der Waals surface area (Å²) >= 11 is 1.15. The molecule has 1 nitrogen and oxygen atoms in total. The molecule has 0 bridgehead atoms. The molecule has 1 N–H and O–H groups in total. The fourth-order valence-corrected chi connectivity index (χ4v) is 2.82. The molecule has 0 aromatic heterocycles. The van der Waals surface area contributed by atoms with Crippen LogP contribution in [0, 0.1) is 25.5 Å². The maximum Gasteiger partial charge on any atom is 0.138 e. The van der Waals surface area contributed by atoms with Crippen LogP contribution in [0.15, 0.2) is 54.0 Å². The number of hydrogen-bond donors (Lipinski definition) is 1. The van der Waals surface area contributed by atoms with E-state index in [2.05, 4.69) is 11.3 Å². The van der Waals surface area contributed by atoms with E-state index in [0.717, 1.165) is 28.6 Å². The summed E-state index contributed by atoms with van der Waals surface area (Å²) < 4.78 is 30.6. The minimum absolute atomic E-state index is 0.293. The van der Waals surface area contributed by atoms with Gasteiger partial charge in [0.05, 0.1) is 10.6 Å². The van der Waals surface area contributed by atoms with Gasteiger partial charge in [0.2, 0.25) is 0 Å². The Labute approximate surface area is 133 Å². The van der Waals surface area contributed by atoms with Gasteiger partial charge in [0, 0.05) is 0 Å². The number of allylic oxidation sites excluding steroid dienone is 2. The molecule has 0 saturated heterocycles. The van der Waals surface area contributed by atoms with E-state index in [9.17, 15) is 8.78 Å². The third-order valence-electron chi connectivity index (χ3n) is 3.25. The lowest BCUT2D eigenvalue weighted by Crippen LogP contribution is -1.96. The van der Waals surface area contributed by atoms with E-state index in [1.807, 2.05) is 19.9 Å². The Kier molecular flexibility index (Phi) is 5.39. The molecule has 0 aliphatic heterocycles. The first-order valence-electron chi connectivity index (χ1n) is 6.80. The zero-order valence-corrected chi connectivity index (χ0v) is 13.3. The molecule has 0 amide bonds. The maximum absolute atomic E-state index is 13.8. The quantitative estimate of drug-likeness (QED) is 0.544. The lowest BCUT2D eigenvalue weighted by atomic mass is 10.1. The molecule has 0 radical (unpaired) electrons. The molecule has 0 aliphatic carbocycles. The van der Waals surface area contributed by atoms with Crippen molar-refractivity contribution in [3.05, 3.63) is 77.4 Å². The largest absolute Gasteiger partial charge is 0.325 e. The third-order valence-corrected chi connectivity index (χ3v) is 4.29. The van der Waals surface area contributed by atoms with E-state index in [-0.39, 0.29) is 11.6 Å². The molecular weight excluding hydrogens is 300 g/mol. The summed E-state index contributed by atoms with van der Waals surface area (Å²) in [6.07, 6.45) is 5.17. The normalized spacial score (nSPS) is 10.9. The van der Waals surface area contributed by atoms with Crippen molar-refractivity contribution in [2.45, 2.75) is 18.7 Å². The van der Waals surface area contributed by atoms with Crippen LogP contribution in [-0.2, 0) is 0 Å². The molecule has 0 unspecified atom stereocenters. The summed E-state index contributed by atoms with van der Waals surface area (Å²) in [5.41, 5.74) is 3.10. The van der Waals surface area contributed by atoms with Crippen LogP contribution in [-0.4, -0.2) is 0 Å². The lowest BCUT2D eigenvalue weighted by Gasteiger charge is -2.13. The standard InChI is InChI=1S/C18H17F2NS/c1-4-5-8-14-10-15(19)11-17(13(14)3)21-22-18-12(2)7-6-9-16(18)20/h4-11,21H,1H2,2-3H3/b8-5-. The molecule has 2 aromatic rings. The van der Waals surface area contributed by atoms with E-state index >= 15 is 0 Å². The van der Waals surface area contributed by atoms with Gasteiger partial charge in [-0.15, -0.1) is 0 Å². The predicted octanol–water partition coefficient (Wildman–Crippen LogP) is 5.90. The van der Waals surface area contributed by atoms with Gasteiger partial charge in [-0.25, -0.2) is 8.78 Å². The van der Waals surface area contributed by atoms with E-state index < -0.39 is 0 Å². The highest BCUT2D eigenvalue weighted by molar-refractivity contribution is 8.00. The summed E-state index contributed by atoms with van der Waals surface area (Å²) in [5, 5.41) is 0. The Morgan fingerprint density at radius 2 is 1.95 bits per heavy atom. The molecular formula is C18H17F2NS. The monoisotopic (exact) mass is 317 g/mol. The number of rotatable bonds is 5. The predicted molar refractivity (Wildman–Crippen MR) is 91.0 cm³/mol. The number of aryl methyl sites for hydroxylation is 1. The SMILES string of the molecule is C=C/C=C\c1cc(F)cc(NSc2c(C)cccc2F)c1C. The highest BCUT2D eigenvalue weighted by Crippen LogP contribution is 2.30. The fraction of sp³-hybridized carbons (Fsp3) is 0.111. The zero-order valence-electron chi connectivity index (χ0n) is 12.5. The summed E-state index contributed by atoms with van der Waals surface area (Å²) in [4.78, 5) is 0.509. The Balaban J connectivity index is 2.28. The van der Waals surface area contributed by atoms with E-state index in [0.29, 0.717) is 10.6 Å². The van der Waals surface area contributed by atoms with Crippen molar-refractivity contribution in [2.24, 2.45) is 0 Å². The number of nitrogens with one attached hydrogen (secondary N) is 1. The number of anilines is 1. The second kappa shape index (κ2) is 7.27. The Hall–Kier alpha value is -2.07. The Bertz CT molecular complexity index is 703. The zero-order chi connectivity index (χ0) is 16.1. The second-order valence-corrected chi connectivity index (χ2v) is 5.67. The van der Waals surface area contributed by atoms with Gasteiger partial charge in [0.1, 0.15) is 11.6 Å². The molecule has 0 fully saturated rings. The fourth-order valence-electron chi connectivity index (χ4n) is 2.00. The third kappa shape index (κ3) is 3.77. The van der Waals surface area contributed by atoms with Crippen molar-refractivity contribution in [1.29, 1.82) is 0 Å². The molecule has 22 heavy (non-hydrogen) atoms. The molecule has 0 aliphatic rings. The van der Waals surface area contributed by atoms with Gasteiger partial charge in [0.15, 0.2) is 0 Å². The van der Waals surface area contributed by atoms with Gasteiger partial charge in [-0.1, -0.05) is 36.9 Å². The Morgan fingerprint density at radius 1 is 1.18 bits per heavy atom. The first-order valence-corrected chi connectivity index (χ1v) is 7.62. The molecule has 0 saturated carbocycles. The van der Waals surface area contributed by atoms with Crippen molar-refractivity contribution in [3.8, 4) is 0 Å². The van der Waals surface area contributed by atoms with Crippen LogP contribution in [0.4, 0.5) is 14.5 Å². The van der Waals surface area contributed by atoms with Crippen molar-refractivity contribution >= 4 is 23.7 Å². The summed E-state index contributed by atoms with van der Waals surface area (Å²) in [7, 11) is 0. The molecule has 4 heteroatoms. The number of halogens is 2. The average Bonchev–Trinajstić information content (AvgIpc) is 2.48. The summed E-state index contributed by atoms with van der Waals surface area (Å²) in [5.74, 6) is -0.638. The van der Waals surface area contributed by atoms with E-state index in [1.165, 1.54) is 18.2 Å². The molecule has 114 valence electrons. The van der Waals surface area contributed by atoms with Crippen LogP contribution in [0.1, 0.15) is 16.7 Å². The second-order valence-electron chi connectivity index (χ2n) is 4.85. The first kappa shape index (κ1) is 16.3. The molecule has 0 spiro atoms. The summed E-state index contributed by atoms with van der Waals surface area (Å²) in [6, 6.07) is 7.78. The molecule has 2 rings (SSSR count). The maximum atomic E-state index is 13.8. The van der Waals surface area contributed by atoms with Gasteiger partial charge in [0.25, 0.3) is 0 Å². The Morgan fingerprint density at radius 3 is 2.64 bits per heavy atom. The van der Waals surface area contributed by atoms with Crippen molar-refractivity contribution < 1.29 is 8.78 Å². The van der Waals surface area contributed by atoms with Gasteiger partial charge in [-0.05, 0) is 60.7 Å². The highest BCUT2D eigenvalue weighted by Gasteiger charge is 2.09. The number of benzene rings is 2. The smallest absolute Gasteiger partial charge is 0.138 e. The van der Waals surface area contributed by atoms with Gasteiger partial charge >= 0.3 is 0 Å². The van der Waals surface area contributed by atoms with Crippen molar-refractivity contribution in [2.75, 3.05) is 4.72 Å². The van der Waals surface area contributed by atoms with Crippen LogP contribution in [0.25, 0.3) is 6.08 Å². The topological polar surface area (TPSA) is 12.0 Å². The van der Waals surface area contributed by atoms with Crippen LogP contribution in [0.5, 0.6) is 0 Å². The molecule has 0 atom stereocenters. The average molecular weight is 317 g/mol. The van der Waals surface area contributed by atoms with Gasteiger partial charge in [-0.3, -0.25) is 0 Å². The minimum atomic E-state index is -0.345. The molecule has 2 aromatic carbocycles. The molecule has 0 heterocycles. The van der Waals surface area contributed by atoms with Crippen molar-refractivity contribution in [3.63, 3.8) is 0 Å². The number of hydrogen-bond acceptors (Lipinski definition) is 2.